The first-order valence-corrected chi connectivity index (χ1v) is 7.53. The molecule has 102 valence electrons. The summed E-state index contributed by atoms with van der Waals surface area (Å²) < 4.78 is 0. The van der Waals surface area contributed by atoms with E-state index in [9.17, 15) is 0 Å². The Morgan fingerprint density at radius 3 is 2.63 bits per heavy atom. The van der Waals surface area contributed by atoms with Gasteiger partial charge < -0.3 is 5.43 Å². The van der Waals surface area contributed by atoms with Crippen LogP contribution in [0, 0.1) is 0 Å². The third-order valence-corrected chi connectivity index (χ3v) is 4.40. The van der Waals surface area contributed by atoms with Gasteiger partial charge in [-0.2, -0.15) is 0 Å². The van der Waals surface area contributed by atoms with E-state index in [1.165, 1.54) is 62.5 Å². The number of amidine groups is 1. The summed E-state index contributed by atoms with van der Waals surface area (Å²) in [5.74, 6) is 6.55. The van der Waals surface area contributed by atoms with Gasteiger partial charge in [0.1, 0.15) is 5.84 Å². The molecule has 3 N–H and O–H groups in total. The molecule has 0 spiro atoms. The normalized spacial score (nSPS) is 20.4. The van der Waals surface area contributed by atoms with E-state index in [4.69, 9.17) is 10.8 Å². The average molecular weight is 257 g/mol. The highest BCUT2D eigenvalue weighted by atomic mass is 15.3. The van der Waals surface area contributed by atoms with Crippen molar-refractivity contribution in [3.63, 3.8) is 0 Å². The van der Waals surface area contributed by atoms with Crippen molar-refractivity contribution >= 4 is 5.84 Å². The van der Waals surface area contributed by atoms with Gasteiger partial charge in [0, 0.05) is 5.56 Å². The molecule has 0 saturated heterocycles. The van der Waals surface area contributed by atoms with Crippen LogP contribution in [0.3, 0.4) is 0 Å². The minimum absolute atomic E-state index is 0.452. The number of aliphatic imine (C=N–C) groups is 1. The van der Waals surface area contributed by atoms with Crippen molar-refractivity contribution in [1.82, 2.24) is 5.43 Å². The Kier molecular flexibility index (Phi) is 3.83. The van der Waals surface area contributed by atoms with E-state index in [2.05, 4.69) is 23.6 Å². The van der Waals surface area contributed by atoms with E-state index >= 15 is 0 Å². The highest BCUT2D eigenvalue weighted by molar-refractivity contribution is 5.98. The molecule has 3 nitrogen and oxygen atoms in total. The fourth-order valence-corrected chi connectivity index (χ4v) is 3.31. The molecule has 2 aliphatic carbocycles. The lowest BCUT2D eigenvalue weighted by atomic mass is 9.96. The minimum Gasteiger partial charge on any atom is -0.308 e. The molecule has 1 aromatic rings. The van der Waals surface area contributed by atoms with Crippen LogP contribution in [0.5, 0.6) is 0 Å². The van der Waals surface area contributed by atoms with Gasteiger partial charge in [0.2, 0.25) is 0 Å². The molecule has 0 bridgehead atoms. The molecular formula is C16H23N3. The van der Waals surface area contributed by atoms with Crippen LogP contribution < -0.4 is 11.3 Å². The fourth-order valence-electron chi connectivity index (χ4n) is 3.31. The molecule has 2 aliphatic rings. The third-order valence-electron chi connectivity index (χ3n) is 4.40. The zero-order valence-electron chi connectivity index (χ0n) is 11.5. The highest BCUT2D eigenvalue weighted by Gasteiger charge is 2.16. The van der Waals surface area contributed by atoms with Gasteiger partial charge >= 0.3 is 0 Å². The Hall–Kier alpha value is -1.35. The molecule has 19 heavy (non-hydrogen) atoms. The van der Waals surface area contributed by atoms with E-state index in [-0.39, 0.29) is 0 Å². The van der Waals surface area contributed by atoms with Crippen molar-refractivity contribution < 1.29 is 0 Å². The molecule has 1 aromatic carbocycles. The van der Waals surface area contributed by atoms with Crippen molar-refractivity contribution in [2.24, 2.45) is 10.8 Å². The summed E-state index contributed by atoms with van der Waals surface area (Å²) in [6.45, 7) is 0. The van der Waals surface area contributed by atoms with Gasteiger partial charge in [-0.15, -0.1) is 0 Å². The third kappa shape index (κ3) is 2.81. The Balaban J connectivity index is 1.83. The second-order valence-electron chi connectivity index (χ2n) is 5.75. The van der Waals surface area contributed by atoms with Crippen LogP contribution in [0.15, 0.2) is 23.2 Å². The SMILES string of the molecule is NNC(=NC1CCCCC1)c1ccc2c(c1)CCC2. The van der Waals surface area contributed by atoms with Crippen LogP contribution in [-0.2, 0) is 12.8 Å². The summed E-state index contributed by atoms with van der Waals surface area (Å²) in [7, 11) is 0. The van der Waals surface area contributed by atoms with Crippen molar-refractivity contribution in [2.75, 3.05) is 0 Å². The second kappa shape index (κ2) is 5.74. The number of nitrogens with one attached hydrogen (secondary N) is 1. The smallest absolute Gasteiger partial charge is 0.142 e. The molecule has 1 fully saturated rings. The predicted octanol–water partition coefficient (Wildman–Crippen LogP) is 2.72. The average Bonchev–Trinajstić information content (AvgIpc) is 2.93. The summed E-state index contributed by atoms with van der Waals surface area (Å²) >= 11 is 0. The van der Waals surface area contributed by atoms with Crippen molar-refractivity contribution in [3.05, 3.63) is 34.9 Å². The second-order valence-corrected chi connectivity index (χ2v) is 5.75. The molecular weight excluding hydrogens is 234 g/mol. The van der Waals surface area contributed by atoms with Crippen molar-refractivity contribution in [1.29, 1.82) is 0 Å². The van der Waals surface area contributed by atoms with Crippen LogP contribution in [0.4, 0.5) is 0 Å². The summed E-state index contributed by atoms with van der Waals surface area (Å²) in [6, 6.07) is 7.12. The molecule has 1 saturated carbocycles. The number of aryl methyl sites for hydroxylation is 2. The molecule has 0 radical (unpaired) electrons. The van der Waals surface area contributed by atoms with E-state index in [0.29, 0.717) is 6.04 Å². The number of fused-ring (bicyclic) bond motifs is 1. The van der Waals surface area contributed by atoms with Crippen molar-refractivity contribution in [3.8, 4) is 0 Å². The number of benzene rings is 1. The van der Waals surface area contributed by atoms with Crippen LogP contribution >= 0.6 is 0 Å². The lowest BCUT2D eigenvalue weighted by molar-refractivity contribution is 0.442. The number of hydrogen-bond donors (Lipinski definition) is 2. The quantitative estimate of drug-likeness (QED) is 0.370. The monoisotopic (exact) mass is 257 g/mol. The first kappa shape index (κ1) is 12.7. The van der Waals surface area contributed by atoms with Gasteiger partial charge in [-0.3, -0.25) is 4.99 Å². The van der Waals surface area contributed by atoms with Crippen LogP contribution in [-0.4, -0.2) is 11.9 Å². The lowest BCUT2D eigenvalue weighted by Gasteiger charge is -2.19. The van der Waals surface area contributed by atoms with Gasteiger partial charge in [-0.05, 0) is 49.3 Å². The number of nitrogens with zero attached hydrogens (tertiary/aromatic N) is 1. The number of nitrogens with two attached hydrogens (primary N) is 1. The Morgan fingerprint density at radius 2 is 1.84 bits per heavy atom. The fraction of sp³-hybridized carbons (Fsp3) is 0.562. The molecule has 0 amide bonds. The van der Waals surface area contributed by atoms with Crippen LogP contribution in [0.25, 0.3) is 0 Å². The van der Waals surface area contributed by atoms with E-state index in [0.717, 1.165) is 11.4 Å². The summed E-state index contributed by atoms with van der Waals surface area (Å²) in [5.41, 5.74) is 6.93. The van der Waals surface area contributed by atoms with Crippen LogP contribution in [0.2, 0.25) is 0 Å². The van der Waals surface area contributed by atoms with Gasteiger partial charge in [0.25, 0.3) is 0 Å². The number of hydrazine groups is 1. The molecule has 0 aliphatic heterocycles. The predicted molar refractivity (Wildman–Crippen MR) is 79.2 cm³/mol. The molecule has 0 heterocycles. The summed E-state index contributed by atoms with van der Waals surface area (Å²) in [4.78, 5) is 4.83. The van der Waals surface area contributed by atoms with Gasteiger partial charge in [0.15, 0.2) is 0 Å². The maximum atomic E-state index is 5.69. The van der Waals surface area contributed by atoms with E-state index < -0.39 is 0 Å². The number of rotatable bonds is 2. The molecule has 0 unspecified atom stereocenters. The zero-order chi connectivity index (χ0) is 13.1. The topological polar surface area (TPSA) is 50.4 Å². The van der Waals surface area contributed by atoms with Gasteiger partial charge in [0.05, 0.1) is 6.04 Å². The van der Waals surface area contributed by atoms with Crippen molar-refractivity contribution in [2.45, 2.75) is 57.4 Å². The maximum absolute atomic E-state index is 5.69. The zero-order valence-corrected chi connectivity index (χ0v) is 11.5. The lowest BCUT2D eigenvalue weighted by Crippen LogP contribution is -2.32. The molecule has 0 atom stereocenters. The molecule has 3 rings (SSSR count). The van der Waals surface area contributed by atoms with E-state index in [1.54, 1.807) is 0 Å². The standard InChI is InChI=1S/C16H23N3/c17-19-16(18-15-7-2-1-3-8-15)14-10-9-12-5-4-6-13(12)11-14/h9-11,15H,1-8,17H2,(H,18,19). The van der Waals surface area contributed by atoms with Gasteiger partial charge in [-0.25, -0.2) is 5.84 Å². The first-order chi connectivity index (χ1) is 9.36. The molecule has 0 aromatic heterocycles. The molecule has 3 heteroatoms. The largest absolute Gasteiger partial charge is 0.308 e. The summed E-state index contributed by atoms with van der Waals surface area (Å²) in [6.07, 6.45) is 10.1. The summed E-state index contributed by atoms with van der Waals surface area (Å²) in [5, 5.41) is 0. The highest BCUT2D eigenvalue weighted by Crippen LogP contribution is 2.24. The Morgan fingerprint density at radius 1 is 1.05 bits per heavy atom. The van der Waals surface area contributed by atoms with E-state index in [1.807, 2.05) is 0 Å². The number of hydrogen-bond acceptors (Lipinski definition) is 2. The maximum Gasteiger partial charge on any atom is 0.142 e. The minimum atomic E-state index is 0.452. The Bertz CT molecular complexity index is 473. The first-order valence-electron chi connectivity index (χ1n) is 7.53. The Labute approximate surface area is 115 Å². The van der Waals surface area contributed by atoms with Crippen LogP contribution in [0.1, 0.15) is 55.2 Å². The van der Waals surface area contributed by atoms with Gasteiger partial charge in [-0.1, -0.05) is 31.4 Å².